The Labute approximate surface area is 175 Å². The highest BCUT2D eigenvalue weighted by atomic mass is 32.2. The molecule has 1 saturated carbocycles. The van der Waals surface area contributed by atoms with Gasteiger partial charge in [-0.2, -0.15) is 0 Å². The van der Waals surface area contributed by atoms with Crippen LogP contribution in [0.3, 0.4) is 0 Å². The monoisotopic (exact) mass is 413 g/mol. The van der Waals surface area contributed by atoms with Crippen molar-refractivity contribution in [2.45, 2.75) is 69.5 Å². The second-order valence-corrected chi connectivity index (χ2v) is 8.36. The number of esters is 1. The van der Waals surface area contributed by atoms with Gasteiger partial charge in [0.2, 0.25) is 0 Å². The van der Waals surface area contributed by atoms with Crippen molar-refractivity contribution in [1.82, 2.24) is 15.3 Å². The average molecular weight is 414 g/mol. The summed E-state index contributed by atoms with van der Waals surface area (Å²) in [6.07, 6.45) is 3.43. The number of nitrogens with zero attached hydrogens (tertiary/aromatic N) is 2. The molecular formula is C22H27N3O3S. The standard InChI is InChI=1S/C22H27N3O3S/c1-14-12-15(2)24-22(23-14)29-13-17-8-4-7-11-19(17)21(27)28-16(3)20(26)25-18-9-5-6-10-18/h4,7-8,11-12,16,18H,5-6,9-10,13H2,1-3H3,(H,25,26)/t16-/m0/s1. The molecule has 1 aromatic carbocycles. The van der Waals surface area contributed by atoms with Crippen molar-refractivity contribution in [2.75, 3.05) is 0 Å². The Morgan fingerprint density at radius 3 is 2.52 bits per heavy atom. The molecule has 7 heteroatoms. The van der Waals surface area contributed by atoms with Crippen LogP contribution in [0.4, 0.5) is 0 Å². The predicted octanol–water partition coefficient (Wildman–Crippen LogP) is 3.99. The molecule has 29 heavy (non-hydrogen) atoms. The van der Waals surface area contributed by atoms with Crippen LogP contribution in [0.15, 0.2) is 35.5 Å². The zero-order valence-electron chi connectivity index (χ0n) is 17.1. The summed E-state index contributed by atoms with van der Waals surface area (Å²) in [5.74, 6) is -0.186. The number of hydrogen-bond acceptors (Lipinski definition) is 6. The van der Waals surface area contributed by atoms with Crippen molar-refractivity contribution in [3.8, 4) is 0 Å². The Hall–Kier alpha value is -2.41. The normalized spacial score (nSPS) is 15.1. The SMILES string of the molecule is Cc1cc(C)nc(SCc2ccccc2C(=O)O[C@@H](C)C(=O)NC2CCCC2)n1. The van der Waals surface area contributed by atoms with Gasteiger partial charge in [-0.05, 0) is 51.3 Å². The van der Waals surface area contributed by atoms with Crippen molar-refractivity contribution in [3.63, 3.8) is 0 Å². The molecule has 0 spiro atoms. The maximum atomic E-state index is 12.7. The molecule has 1 N–H and O–H groups in total. The number of aryl methyl sites for hydroxylation is 2. The zero-order valence-corrected chi connectivity index (χ0v) is 17.9. The van der Waals surface area contributed by atoms with Gasteiger partial charge in [0.25, 0.3) is 5.91 Å². The highest BCUT2D eigenvalue weighted by Crippen LogP contribution is 2.23. The largest absolute Gasteiger partial charge is 0.449 e. The molecule has 6 nitrogen and oxygen atoms in total. The Morgan fingerprint density at radius 1 is 1.17 bits per heavy atom. The Bertz CT molecular complexity index is 861. The van der Waals surface area contributed by atoms with Crippen LogP contribution in [0.2, 0.25) is 0 Å². The van der Waals surface area contributed by atoms with E-state index in [1.807, 2.05) is 32.0 Å². The number of amides is 1. The van der Waals surface area contributed by atoms with Crippen molar-refractivity contribution < 1.29 is 14.3 Å². The quantitative estimate of drug-likeness (QED) is 0.420. The van der Waals surface area contributed by atoms with Crippen LogP contribution >= 0.6 is 11.8 Å². The minimum absolute atomic E-state index is 0.199. The molecule has 1 atom stereocenters. The summed E-state index contributed by atoms with van der Waals surface area (Å²) in [4.78, 5) is 33.9. The fourth-order valence-corrected chi connectivity index (χ4v) is 4.37. The van der Waals surface area contributed by atoms with E-state index in [2.05, 4.69) is 15.3 Å². The number of hydrogen-bond donors (Lipinski definition) is 1. The Balaban J connectivity index is 1.62. The number of carbonyl (C=O) groups excluding carboxylic acids is 2. The number of carbonyl (C=O) groups is 2. The highest BCUT2D eigenvalue weighted by Gasteiger charge is 2.24. The minimum Gasteiger partial charge on any atom is -0.449 e. The van der Waals surface area contributed by atoms with Gasteiger partial charge in [-0.15, -0.1) is 0 Å². The topological polar surface area (TPSA) is 81.2 Å². The van der Waals surface area contributed by atoms with Crippen LogP contribution < -0.4 is 5.32 Å². The van der Waals surface area contributed by atoms with Gasteiger partial charge in [0.1, 0.15) is 0 Å². The van der Waals surface area contributed by atoms with Gasteiger partial charge in [-0.1, -0.05) is 42.8 Å². The zero-order chi connectivity index (χ0) is 20.8. The van der Waals surface area contributed by atoms with Crippen LogP contribution in [-0.4, -0.2) is 34.0 Å². The van der Waals surface area contributed by atoms with E-state index in [1.54, 1.807) is 19.1 Å². The molecule has 0 aliphatic heterocycles. The van der Waals surface area contributed by atoms with Crippen molar-refractivity contribution in [3.05, 3.63) is 52.8 Å². The van der Waals surface area contributed by atoms with E-state index < -0.39 is 12.1 Å². The number of rotatable bonds is 7. The van der Waals surface area contributed by atoms with Gasteiger partial charge >= 0.3 is 5.97 Å². The summed E-state index contributed by atoms with van der Waals surface area (Å²) in [5.41, 5.74) is 3.11. The van der Waals surface area contributed by atoms with E-state index in [1.165, 1.54) is 11.8 Å². The smallest absolute Gasteiger partial charge is 0.339 e. The van der Waals surface area contributed by atoms with Crippen molar-refractivity contribution in [2.24, 2.45) is 0 Å². The maximum Gasteiger partial charge on any atom is 0.339 e. The number of benzene rings is 1. The van der Waals surface area contributed by atoms with E-state index in [9.17, 15) is 9.59 Å². The van der Waals surface area contributed by atoms with Crippen LogP contribution in [0.25, 0.3) is 0 Å². The van der Waals surface area contributed by atoms with Crippen LogP contribution in [0.1, 0.15) is 59.9 Å². The van der Waals surface area contributed by atoms with E-state index in [0.717, 1.165) is 42.6 Å². The van der Waals surface area contributed by atoms with Gasteiger partial charge in [0, 0.05) is 23.2 Å². The molecule has 1 aliphatic carbocycles. The summed E-state index contributed by atoms with van der Waals surface area (Å²) in [6, 6.07) is 9.41. The van der Waals surface area contributed by atoms with Gasteiger partial charge in [0.05, 0.1) is 5.56 Å². The van der Waals surface area contributed by atoms with Crippen molar-refractivity contribution >= 4 is 23.6 Å². The summed E-state index contributed by atoms with van der Waals surface area (Å²) in [6.45, 7) is 5.48. The van der Waals surface area contributed by atoms with Gasteiger partial charge < -0.3 is 10.1 Å². The number of thioether (sulfide) groups is 1. The Morgan fingerprint density at radius 2 is 1.83 bits per heavy atom. The molecule has 1 fully saturated rings. The average Bonchev–Trinajstić information content (AvgIpc) is 3.18. The van der Waals surface area contributed by atoms with Crippen LogP contribution in [-0.2, 0) is 15.3 Å². The molecule has 0 unspecified atom stereocenters. The molecular weight excluding hydrogens is 386 g/mol. The first-order chi connectivity index (χ1) is 13.9. The molecule has 2 aromatic rings. The first-order valence-electron chi connectivity index (χ1n) is 9.96. The third kappa shape index (κ3) is 6.03. The first kappa shape index (κ1) is 21.3. The maximum absolute atomic E-state index is 12.7. The number of ether oxygens (including phenoxy) is 1. The summed E-state index contributed by atoms with van der Waals surface area (Å²) in [5, 5.41) is 3.65. The molecule has 0 saturated heterocycles. The lowest BCUT2D eigenvalue weighted by molar-refractivity contribution is -0.129. The van der Waals surface area contributed by atoms with Crippen molar-refractivity contribution in [1.29, 1.82) is 0 Å². The van der Waals surface area contributed by atoms with Gasteiger partial charge in [-0.25, -0.2) is 14.8 Å². The molecule has 1 aromatic heterocycles. The number of nitrogens with one attached hydrogen (secondary N) is 1. The molecule has 154 valence electrons. The molecule has 1 aliphatic rings. The molecule has 1 amide bonds. The van der Waals surface area contributed by atoms with Gasteiger partial charge in [0.15, 0.2) is 11.3 Å². The molecule has 1 heterocycles. The second kappa shape index (κ2) is 9.87. The third-order valence-corrected chi connectivity index (χ3v) is 5.81. The summed E-state index contributed by atoms with van der Waals surface area (Å²) in [7, 11) is 0. The van der Waals surface area contributed by atoms with E-state index in [0.29, 0.717) is 16.5 Å². The molecule has 3 rings (SSSR count). The lowest BCUT2D eigenvalue weighted by atomic mass is 10.1. The van der Waals surface area contributed by atoms with E-state index in [-0.39, 0.29) is 11.9 Å². The second-order valence-electron chi connectivity index (χ2n) is 7.42. The fraction of sp³-hybridized carbons (Fsp3) is 0.455. The number of aromatic nitrogens is 2. The van der Waals surface area contributed by atoms with E-state index in [4.69, 9.17) is 4.74 Å². The lowest BCUT2D eigenvalue weighted by Crippen LogP contribution is -2.40. The predicted molar refractivity (Wildman–Crippen MR) is 113 cm³/mol. The first-order valence-corrected chi connectivity index (χ1v) is 11.0. The Kier molecular flexibility index (Phi) is 7.25. The molecule has 0 bridgehead atoms. The van der Waals surface area contributed by atoms with Gasteiger partial charge in [-0.3, -0.25) is 4.79 Å². The third-order valence-electron chi connectivity index (χ3n) is 4.91. The van der Waals surface area contributed by atoms with Crippen LogP contribution in [0.5, 0.6) is 0 Å². The minimum atomic E-state index is -0.827. The van der Waals surface area contributed by atoms with Crippen LogP contribution in [0, 0.1) is 13.8 Å². The lowest BCUT2D eigenvalue weighted by Gasteiger charge is -2.18. The summed E-state index contributed by atoms with van der Waals surface area (Å²) >= 11 is 1.47. The van der Waals surface area contributed by atoms with E-state index >= 15 is 0 Å². The fourth-order valence-electron chi connectivity index (χ4n) is 3.41. The molecule has 0 radical (unpaired) electrons. The summed E-state index contributed by atoms with van der Waals surface area (Å²) < 4.78 is 5.45. The highest BCUT2D eigenvalue weighted by molar-refractivity contribution is 7.98.